The van der Waals surface area contributed by atoms with Gasteiger partial charge in [-0.2, -0.15) is 0 Å². The molecule has 0 spiro atoms. The third-order valence-corrected chi connectivity index (χ3v) is 4.93. The van der Waals surface area contributed by atoms with Crippen LogP contribution in [-0.2, 0) is 33.5 Å². The van der Waals surface area contributed by atoms with Crippen molar-refractivity contribution < 1.29 is 17.5 Å². The lowest BCUT2D eigenvalue weighted by Crippen LogP contribution is -2.17. The number of hydrogen-bond donors (Lipinski definition) is 1. The summed E-state index contributed by atoms with van der Waals surface area (Å²) in [6.45, 7) is 2.69. The van der Waals surface area contributed by atoms with Gasteiger partial charge in [-0.05, 0) is 30.2 Å². The van der Waals surface area contributed by atoms with Crippen LogP contribution in [0.25, 0.3) is 0 Å². The first-order valence-corrected chi connectivity index (χ1v) is 8.89. The Kier molecular flexibility index (Phi) is 4.32. The lowest BCUT2D eigenvalue weighted by molar-refractivity contribution is 0.109. The van der Waals surface area contributed by atoms with Crippen molar-refractivity contribution in [1.82, 2.24) is 4.98 Å². The molecule has 122 valence electrons. The van der Waals surface area contributed by atoms with E-state index in [9.17, 15) is 12.8 Å². The van der Waals surface area contributed by atoms with Crippen LogP contribution >= 0.6 is 0 Å². The summed E-state index contributed by atoms with van der Waals surface area (Å²) in [6.07, 6.45) is 2.22. The Hall–Kier alpha value is -1.99. The highest BCUT2D eigenvalue weighted by Gasteiger charge is 2.16. The summed E-state index contributed by atoms with van der Waals surface area (Å²) in [6, 6.07) is 6.15. The summed E-state index contributed by atoms with van der Waals surface area (Å²) in [5.41, 5.74) is 3.09. The van der Waals surface area contributed by atoms with Gasteiger partial charge in [0.05, 0.1) is 30.9 Å². The van der Waals surface area contributed by atoms with Crippen LogP contribution in [0.4, 0.5) is 10.1 Å². The van der Waals surface area contributed by atoms with E-state index in [1.165, 1.54) is 12.3 Å². The third kappa shape index (κ3) is 3.86. The molecule has 1 aliphatic heterocycles. The second-order valence-electron chi connectivity index (χ2n) is 5.58. The standard InChI is InChI=1S/C16H17FN2O3S/c1-11-2-3-12(6-15(11)17)10-23(20,21)19-14-7-13-9-22-5-4-16(13)18-8-14/h2-3,6-8,19H,4-5,9-10H2,1H3. The Balaban J connectivity index is 1.76. The molecule has 1 aromatic carbocycles. The number of aromatic nitrogens is 1. The van der Waals surface area contributed by atoms with Gasteiger partial charge in [-0.25, -0.2) is 12.8 Å². The number of benzene rings is 1. The highest BCUT2D eigenvalue weighted by molar-refractivity contribution is 7.91. The predicted octanol–water partition coefficient (Wildman–Crippen LogP) is 2.54. The summed E-state index contributed by atoms with van der Waals surface area (Å²) >= 11 is 0. The van der Waals surface area contributed by atoms with Gasteiger partial charge in [-0.1, -0.05) is 12.1 Å². The van der Waals surface area contributed by atoms with Gasteiger partial charge in [0.2, 0.25) is 10.0 Å². The maximum absolute atomic E-state index is 13.5. The number of aryl methyl sites for hydroxylation is 1. The van der Waals surface area contributed by atoms with Gasteiger partial charge in [-0.3, -0.25) is 9.71 Å². The smallest absolute Gasteiger partial charge is 0.236 e. The number of nitrogens with one attached hydrogen (secondary N) is 1. The molecule has 0 amide bonds. The normalized spacial score (nSPS) is 14.3. The molecule has 3 rings (SSSR count). The number of pyridine rings is 1. The summed E-state index contributed by atoms with van der Waals surface area (Å²) in [5, 5.41) is 0. The second-order valence-corrected chi connectivity index (χ2v) is 7.30. The molecule has 2 heterocycles. The molecule has 1 aromatic heterocycles. The van der Waals surface area contributed by atoms with E-state index in [4.69, 9.17) is 4.74 Å². The van der Waals surface area contributed by atoms with Crippen molar-refractivity contribution in [3.8, 4) is 0 Å². The van der Waals surface area contributed by atoms with Crippen molar-refractivity contribution in [3.05, 3.63) is 58.7 Å². The number of sulfonamides is 1. The molecule has 0 saturated heterocycles. The Morgan fingerprint density at radius 2 is 2.17 bits per heavy atom. The monoisotopic (exact) mass is 336 g/mol. The average Bonchev–Trinajstić information content (AvgIpc) is 2.50. The summed E-state index contributed by atoms with van der Waals surface area (Å²) in [4.78, 5) is 4.27. The summed E-state index contributed by atoms with van der Waals surface area (Å²) in [5.74, 6) is -0.706. The summed E-state index contributed by atoms with van der Waals surface area (Å²) < 4.78 is 45.8. The van der Waals surface area contributed by atoms with Gasteiger partial charge in [0.15, 0.2) is 0 Å². The molecule has 23 heavy (non-hydrogen) atoms. The fraction of sp³-hybridized carbons (Fsp3) is 0.312. The molecule has 5 nitrogen and oxygen atoms in total. The minimum absolute atomic E-state index is 0.294. The fourth-order valence-electron chi connectivity index (χ4n) is 2.46. The number of halogens is 1. The highest BCUT2D eigenvalue weighted by atomic mass is 32.2. The zero-order valence-electron chi connectivity index (χ0n) is 12.7. The number of fused-ring (bicyclic) bond motifs is 1. The minimum Gasteiger partial charge on any atom is -0.376 e. The maximum atomic E-state index is 13.5. The molecule has 0 aliphatic carbocycles. The maximum Gasteiger partial charge on any atom is 0.236 e. The Bertz CT molecular complexity index is 837. The van der Waals surface area contributed by atoms with Crippen LogP contribution in [0.15, 0.2) is 30.5 Å². The van der Waals surface area contributed by atoms with Crippen LogP contribution in [0.3, 0.4) is 0 Å². The number of ether oxygens (including phenoxy) is 1. The first-order valence-electron chi connectivity index (χ1n) is 7.24. The Morgan fingerprint density at radius 3 is 2.96 bits per heavy atom. The fourth-order valence-corrected chi connectivity index (χ4v) is 3.62. The topological polar surface area (TPSA) is 68.3 Å². The Morgan fingerprint density at radius 1 is 1.35 bits per heavy atom. The molecule has 0 saturated carbocycles. The molecule has 0 unspecified atom stereocenters. The molecule has 1 aliphatic rings. The lowest BCUT2D eigenvalue weighted by Gasteiger charge is -2.16. The Labute approximate surface area is 134 Å². The molecule has 0 bridgehead atoms. The van der Waals surface area contributed by atoms with Crippen LogP contribution < -0.4 is 4.72 Å². The third-order valence-electron chi connectivity index (χ3n) is 3.67. The molecule has 0 radical (unpaired) electrons. The largest absolute Gasteiger partial charge is 0.376 e. The van der Waals surface area contributed by atoms with Crippen molar-refractivity contribution in [2.24, 2.45) is 0 Å². The van der Waals surface area contributed by atoms with Crippen molar-refractivity contribution >= 4 is 15.7 Å². The van der Waals surface area contributed by atoms with Crippen LogP contribution in [0.5, 0.6) is 0 Å². The van der Waals surface area contributed by atoms with E-state index >= 15 is 0 Å². The summed E-state index contributed by atoms with van der Waals surface area (Å²) in [7, 11) is -3.64. The first-order chi connectivity index (χ1) is 10.9. The van der Waals surface area contributed by atoms with E-state index in [0.717, 1.165) is 17.7 Å². The van der Waals surface area contributed by atoms with Crippen LogP contribution in [0, 0.1) is 12.7 Å². The van der Waals surface area contributed by atoms with Gasteiger partial charge < -0.3 is 4.74 Å². The van der Waals surface area contributed by atoms with E-state index in [1.807, 2.05) is 0 Å². The molecular formula is C16H17FN2O3S. The number of anilines is 1. The molecular weight excluding hydrogens is 319 g/mol. The van der Waals surface area contributed by atoms with Crippen molar-refractivity contribution in [1.29, 1.82) is 0 Å². The highest BCUT2D eigenvalue weighted by Crippen LogP contribution is 2.20. The lowest BCUT2D eigenvalue weighted by atomic mass is 10.1. The van der Waals surface area contributed by atoms with E-state index in [-0.39, 0.29) is 5.75 Å². The SMILES string of the molecule is Cc1ccc(CS(=O)(=O)Nc2cnc3c(c2)COCC3)cc1F. The first kappa shape index (κ1) is 15.9. The molecule has 0 atom stereocenters. The van der Waals surface area contributed by atoms with Crippen molar-refractivity contribution in [2.75, 3.05) is 11.3 Å². The second kappa shape index (κ2) is 6.25. The van der Waals surface area contributed by atoms with Crippen LogP contribution in [-0.4, -0.2) is 20.0 Å². The van der Waals surface area contributed by atoms with E-state index < -0.39 is 15.8 Å². The molecule has 2 aromatic rings. The van der Waals surface area contributed by atoms with Crippen molar-refractivity contribution in [2.45, 2.75) is 25.7 Å². The van der Waals surface area contributed by atoms with Crippen LogP contribution in [0.1, 0.15) is 22.4 Å². The van der Waals surface area contributed by atoms with Gasteiger partial charge in [0.25, 0.3) is 0 Å². The molecule has 7 heteroatoms. The van der Waals surface area contributed by atoms with Gasteiger partial charge in [0.1, 0.15) is 5.82 Å². The predicted molar refractivity (Wildman–Crippen MR) is 85.0 cm³/mol. The minimum atomic E-state index is -3.64. The quantitative estimate of drug-likeness (QED) is 0.932. The number of nitrogens with zero attached hydrogens (tertiary/aromatic N) is 1. The van der Waals surface area contributed by atoms with E-state index in [0.29, 0.717) is 30.0 Å². The number of hydrogen-bond acceptors (Lipinski definition) is 4. The zero-order chi connectivity index (χ0) is 16.4. The average molecular weight is 336 g/mol. The van der Waals surface area contributed by atoms with E-state index in [2.05, 4.69) is 9.71 Å². The van der Waals surface area contributed by atoms with Gasteiger partial charge in [0, 0.05) is 17.7 Å². The van der Waals surface area contributed by atoms with E-state index in [1.54, 1.807) is 25.1 Å². The van der Waals surface area contributed by atoms with Crippen molar-refractivity contribution in [3.63, 3.8) is 0 Å². The molecule has 0 fully saturated rings. The van der Waals surface area contributed by atoms with Gasteiger partial charge in [-0.15, -0.1) is 0 Å². The number of rotatable bonds is 4. The zero-order valence-corrected chi connectivity index (χ0v) is 13.5. The molecule has 1 N–H and O–H groups in total. The van der Waals surface area contributed by atoms with Crippen LogP contribution in [0.2, 0.25) is 0 Å². The van der Waals surface area contributed by atoms with Gasteiger partial charge >= 0.3 is 0 Å².